The summed E-state index contributed by atoms with van der Waals surface area (Å²) in [5.41, 5.74) is 0. The van der Waals surface area contributed by atoms with Crippen LogP contribution in [-0.4, -0.2) is 37.2 Å². The van der Waals surface area contributed by atoms with Crippen molar-refractivity contribution in [3.63, 3.8) is 0 Å². The molecule has 0 aromatic carbocycles. The SMILES string of the molecule is CC/C=C\C/C=C\C/C=C\C/C=C\C/C=C\C/C=C\CCCCCCC(=O)OC(COC(=O)CCCCCCC/C=C\C/C=C\C/C=C\CC)COC(=O)CCCCCCCCCCCCCCCCCCCCCCCCCCCC. The third-order valence-electron chi connectivity index (χ3n) is 15.0. The second kappa shape index (κ2) is 69.6. The summed E-state index contributed by atoms with van der Waals surface area (Å²) in [6.07, 6.45) is 95.5. The zero-order valence-electron chi connectivity index (χ0n) is 54.0. The highest BCUT2D eigenvalue weighted by molar-refractivity contribution is 5.71. The Morgan fingerprint density at radius 2 is 0.476 bits per heavy atom. The van der Waals surface area contributed by atoms with Gasteiger partial charge in [0.25, 0.3) is 0 Å². The van der Waals surface area contributed by atoms with Crippen molar-refractivity contribution in [1.82, 2.24) is 0 Å². The zero-order chi connectivity index (χ0) is 59.2. The van der Waals surface area contributed by atoms with Gasteiger partial charge in [0.2, 0.25) is 0 Å². The highest BCUT2D eigenvalue weighted by atomic mass is 16.6. The van der Waals surface area contributed by atoms with Gasteiger partial charge in [-0.25, -0.2) is 0 Å². The largest absolute Gasteiger partial charge is 0.462 e. The van der Waals surface area contributed by atoms with Gasteiger partial charge in [-0.3, -0.25) is 14.4 Å². The highest BCUT2D eigenvalue weighted by Crippen LogP contribution is 2.18. The lowest BCUT2D eigenvalue weighted by Crippen LogP contribution is -2.30. The predicted octanol–water partition coefficient (Wildman–Crippen LogP) is 24.2. The molecule has 0 saturated carbocycles. The average Bonchev–Trinajstić information content (AvgIpc) is 3.47. The molecule has 0 amide bonds. The van der Waals surface area contributed by atoms with Crippen LogP contribution in [0.2, 0.25) is 0 Å². The van der Waals surface area contributed by atoms with E-state index in [0.29, 0.717) is 19.3 Å². The fraction of sp³-hybridized carbons (Fsp3) is 0.724. The zero-order valence-corrected chi connectivity index (χ0v) is 54.0. The lowest BCUT2D eigenvalue weighted by molar-refractivity contribution is -0.167. The molecule has 0 fully saturated rings. The number of hydrogen-bond donors (Lipinski definition) is 0. The van der Waals surface area contributed by atoms with Crippen molar-refractivity contribution in [3.8, 4) is 0 Å². The number of hydrogen-bond acceptors (Lipinski definition) is 6. The lowest BCUT2D eigenvalue weighted by atomic mass is 10.0. The van der Waals surface area contributed by atoms with Gasteiger partial charge in [0, 0.05) is 19.3 Å². The topological polar surface area (TPSA) is 78.9 Å². The summed E-state index contributed by atoms with van der Waals surface area (Å²) in [4.78, 5) is 38.4. The van der Waals surface area contributed by atoms with Crippen molar-refractivity contribution in [3.05, 3.63) is 109 Å². The van der Waals surface area contributed by atoms with Crippen molar-refractivity contribution in [2.75, 3.05) is 13.2 Å². The van der Waals surface area contributed by atoms with Crippen molar-refractivity contribution >= 4 is 17.9 Å². The Kier molecular flexibility index (Phi) is 66.2. The first-order chi connectivity index (χ1) is 40.5. The molecule has 6 nitrogen and oxygen atoms in total. The summed E-state index contributed by atoms with van der Waals surface area (Å²) in [5.74, 6) is -0.923. The van der Waals surface area contributed by atoms with Crippen LogP contribution in [0.1, 0.15) is 335 Å². The second-order valence-corrected chi connectivity index (χ2v) is 23.0. The molecule has 6 heteroatoms. The van der Waals surface area contributed by atoms with Crippen LogP contribution in [0.15, 0.2) is 109 Å². The van der Waals surface area contributed by atoms with Gasteiger partial charge < -0.3 is 14.2 Å². The van der Waals surface area contributed by atoms with Gasteiger partial charge in [-0.2, -0.15) is 0 Å². The Hall–Kier alpha value is -3.93. The van der Waals surface area contributed by atoms with Crippen LogP contribution < -0.4 is 0 Å². The summed E-state index contributed by atoms with van der Waals surface area (Å²) in [7, 11) is 0. The van der Waals surface area contributed by atoms with Crippen LogP contribution in [0.4, 0.5) is 0 Å². The van der Waals surface area contributed by atoms with E-state index in [1.807, 2.05) is 0 Å². The molecule has 470 valence electrons. The van der Waals surface area contributed by atoms with Gasteiger partial charge >= 0.3 is 17.9 Å². The van der Waals surface area contributed by atoms with Crippen molar-refractivity contribution in [2.24, 2.45) is 0 Å². The van der Waals surface area contributed by atoms with E-state index in [9.17, 15) is 14.4 Å². The Balaban J connectivity index is 4.36. The molecule has 0 aromatic rings. The summed E-state index contributed by atoms with van der Waals surface area (Å²) < 4.78 is 16.9. The summed E-state index contributed by atoms with van der Waals surface area (Å²) in [5, 5.41) is 0. The number of unbranched alkanes of at least 4 members (excludes halogenated alkanes) is 34. The number of allylic oxidation sites excluding steroid dienone is 18. The smallest absolute Gasteiger partial charge is 0.306 e. The minimum absolute atomic E-state index is 0.0929. The van der Waals surface area contributed by atoms with E-state index < -0.39 is 6.10 Å². The van der Waals surface area contributed by atoms with E-state index in [2.05, 4.69) is 130 Å². The predicted molar refractivity (Wildman–Crippen MR) is 357 cm³/mol. The van der Waals surface area contributed by atoms with Crippen LogP contribution >= 0.6 is 0 Å². The number of carbonyl (C=O) groups is 3. The van der Waals surface area contributed by atoms with Gasteiger partial charge in [-0.05, 0) is 103 Å². The summed E-state index contributed by atoms with van der Waals surface area (Å²) in [6, 6.07) is 0. The standard InChI is InChI=1S/C76H130O6/c1-4-7-10-13-16-19-22-25-28-30-32-34-36-37-38-40-41-43-45-48-51-54-57-60-63-66-69-75(78)81-72-73(71-80-74(77)68-65-62-59-56-53-50-47-27-24-21-18-15-12-9-6-3)82-76(79)70-67-64-61-58-55-52-49-46-44-42-39-35-33-31-29-26-23-20-17-14-11-8-5-2/h8-9,11-12,17-18,20-21,26-27,29,33,35,42,44,47,49,52,73H,4-7,10,13-16,19,22-25,28,30-32,34,36-41,43,45-46,48,50-51,53-72H2,1-3H3/b11-8-,12-9-,20-17-,21-18-,29-26-,35-33-,44-42-,47-27-,52-49-. The monoisotopic (exact) mass is 1140 g/mol. The molecule has 0 heterocycles. The lowest BCUT2D eigenvalue weighted by Gasteiger charge is -2.18. The summed E-state index contributed by atoms with van der Waals surface area (Å²) in [6.45, 7) is 6.42. The maximum atomic E-state index is 12.9. The van der Waals surface area contributed by atoms with Gasteiger partial charge in [0.05, 0.1) is 0 Å². The minimum Gasteiger partial charge on any atom is -0.462 e. The van der Waals surface area contributed by atoms with Gasteiger partial charge in [-0.1, -0.05) is 323 Å². The van der Waals surface area contributed by atoms with Gasteiger partial charge in [-0.15, -0.1) is 0 Å². The highest BCUT2D eigenvalue weighted by Gasteiger charge is 2.19. The van der Waals surface area contributed by atoms with E-state index in [-0.39, 0.29) is 31.1 Å². The third-order valence-corrected chi connectivity index (χ3v) is 15.0. The maximum Gasteiger partial charge on any atom is 0.306 e. The van der Waals surface area contributed by atoms with Crippen LogP contribution in [0.25, 0.3) is 0 Å². The molecule has 0 aliphatic rings. The van der Waals surface area contributed by atoms with Crippen LogP contribution in [-0.2, 0) is 28.6 Å². The molecule has 0 radical (unpaired) electrons. The quantitative estimate of drug-likeness (QED) is 0.0261. The van der Waals surface area contributed by atoms with Gasteiger partial charge in [0.15, 0.2) is 6.10 Å². The van der Waals surface area contributed by atoms with Crippen molar-refractivity contribution in [1.29, 1.82) is 0 Å². The fourth-order valence-electron chi connectivity index (χ4n) is 9.88. The normalized spacial score (nSPS) is 12.8. The molecule has 82 heavy (non-hydrogen) atoms. The molecule has 0 aliphatic heterocycles. The van der Waals surface area contributed by atoms with Crippen molar-refractivity contribution < 1.29 is 28.6 Å². The molecule has 0 aliphatic carbocycles. The van der Waals surface area contributed by atoms with E-state index in [0.717, 1.165) is 148 Å². The number of rotatable bonds is 63. The Morgan fingerprint density at radius 3 is 0.744 bits per heavy atom. The molecule has 0 saturated heterocycles. The molecule has 0 bridgehead atoms. The Morgan fingerprint density at radius 1 is 0.256 bits per heavy atom. The van der Waals surface area contributed by atoms with E-state index in [1.54, 1.807) is 0 Å². The third kappa shape index (κ3) is 66.9. The average molecular weight is 1140 g/mol. The molecule has 0 rings (SSSR count). The first-order valence-electron chi connectivity index (χ1n) is 34.9. The van der Waals surface area contributed by atoms with Crippen LogP contribution in [0.5, 0.6) is 0 Å². The minimum atomic E-state index is -0.802. The first kappa shape index (κ1) is 78.1. The molecule has 1 unspecified atom stereocenters. The van der Waals surface area contributed by atoms with Crippen molar-refractivity contribution in [2.45, 2.75) is 341 Å². The van der Waals surface area contributed by atoms with E-state index >= 15 is 0 Å². The van der Waals surface area contributed by atoms with Crippen LogP contribution in [0.3, 0.4) is 0 Å². The second-order valence-electron chi connectivity index (χ2n) is 23.0. The summed E-state index contributed by atoms with van der Waals surface area (Å²) >= 11 is 0. The Bertz CT molecular complexity index is 1640. The Labute approximate surface area is 508 Å². The van der Waals surface area contributed by atoms with Gasteiger partial charge in [0.1, 0.15) is 13.2 Å². The van der Waals surface area contributed by atoms with E-state index in [1.165, 1.54) is 148 Å². The fourth-order valence-corrected chi connectivity index (χ4v) is 9.88. The number of ether oxygens (including phenoxy) is 3. The van der Waals surface area contributed by atoms with Crippen LogP contribution in [0, 0.1) is 0 Å². The molecule has 0 aromatic heterocycles. The first-order valence-corrected chi connectivity index (χ1v) is 34.9. The molecular formula is C76H130O6. The molecule has 0 N–H and O–H groups in total. The maximum absolute atomic E-state index is 12.9. The number of carbonyl (C=O) groups excluding carboxylic acids is 3. The molecule has 0 spiro atoms. The molecule has 1 atom stereocenters. The number of esters is 3. The molecular weight excluding hydrogens is 1010 g/mol. The van der Waals surface area contributed by atoms with E-state index in [4.69, 9.17) is 14.2 Å².